The smallest absolute Gasteiger partial charge is 0.0484 e. The summed E-state index contributed by atoms with van der Waals surface area (Å²) in [6.45, 7) is 7.66. The lowest BCUT2D eigenvalue weighted by Gasteiger charge is -2.41. The predicted molar refractivity (Wildman–Crippen MR) is 119 cm³/mol. The summed E-state index contributed by atoms with van der Waals surface area (Å²) in [5.41, 5.74) is 5.04. The summed E-state index contributed by atoms with van der Waals surface area (Å²) in [4.78, 5) is 5.17. The summed E-state index contributed by atoms with van der Waals surface area (Å²) in [6.07, 6.45) is 0. The Hall–Kier alpha value is -2.13. The first-order chi connectivity index (χ1) is 13.7. The van der Waals surface area contributed by atoms with E-state index in [9.17, 15) is 0 Å². The standard InChI is InChI=1S/C25H27ClN2/c1-2-28-17-16-27(19-25(28)22-8-4-3-5-9-22)18-20-12-14-21(15-13-20)23-10-6-7-11-24(23)26/h3-15,25H,2,16-19H2,1H3. The first kappa shape index (κ1) is 19.2. The lowest BCUT2D eigenvalue weighted by Crippen LogP contribution is -2.47. The fourth-order valence-electron chi connectivity index (χ4n) is 4.13. The van der Waals surface area contributed by atoms with Crippen molar-refractivity contribution in [1.29, 1.82) is 0 Å². The van der Waals surface area contributed by atoms with Gasteiger partial charge in [-0.2, -0.15) is 0 Å². The summed E-state index contributed by atoms with van der Waals surface area (Å²) in [7, 11) is 0. The van der Waals surface area contributed by atoms with Crippen LogP contribution in [0.1, 0.15) is 24.1 Å². The molecule has 144 valence electrons. The summed E-state index contributed by atoms with van der Waals surface area (Å²) in [5, 5.41) is 0.802. The molecule has 0 amide bonds. The molecule has 0 bridgehead atoms. The Morgan fingerprint density at radius 1 is 0.857 bits per heavy atom. The molecule has 4 rings (SSSR count). The first-order valence-corrected chi connectivity index (χ1v) is 10.5. The van der Waals surface area contributed by atoms with Crippen LogP contribution in [-0.4, -0.2) is 36.0 Å². The highest BCUT2D eigenvalue weighted by Gasteiger charge is 2.26. The van der Waals surface area contributed by atoms with Crippen LogP contribution in [0.3, 0.4) is 0 Å². The van der Waals surface area contributed by atoms with Crippen LogP contribution in [0.5, 0.6) is 0 Å². The Morgan fingerprint density at radius 3 is 2.29 bits per heavy atom. The van der Waals surface area contributed by atoms with Gasteiger partial charge in [-0.15, -0.1) is 0 Å². The van der Waals surface area contributed by atoms with Crippen LogP contribution >= 0.6 is 11.6 Å². The van der Waals surface area contributed by atoms with Gasteiger partial charge in [-0.3, -0.25) is 9.80 Å². The fourth-order valence-corrected chi connectivity index (χ4v) is 4.38. The van der Waals surface area contributed by atoms with Crippen LogP contribution in [0.4, 0.5) is 0 Å². The molecule has 1 fully saturated rings. The van der Waals surface area contributed by atoms with Crippen molar-refractivity contribution in [2.45, 2.75) is 19.5 Å². The maximum Gasteiger partial charge on any atom is 0.0484 e. The number of benzene rings is 3. The van der Waals surface area contributed by atoms with Crippen LogP contribution < -0.4 is 0 Å². The van der Waals surface area contributed by atoms with Crippen molar-refractivity contribution in [2.24, 2.45) is 0 Å². The predicted octanol–water partition coefficient (Wildman–Crippen LogP) is 5.89. The van der Waals surface area contributed by atoms with E-state index >= 15 is 0 Å². The third-order valence-electron chi connectivity index (χ3n) is 5.71. The van der Waals surface area contributed by atoms with Gasteiger partial charge in [0.25, 0.3) is 0 Å². The SMILES string of the molecule is CCN1CCN(Cc2ccc(-c3ccccc3Cl)cc2)CC1c1ccccc1. The number of hydrogen-bond acceptors (Lipinski definition) is 2. The van der Waals surface area contributed by atoms with Gasteiger partial charge >= 0.3 is 0 Å². The van der Waals surface area contributed by atoms with Gasteiger partial charge in [0.1, 0.15) is 0 Å². The molecule has 0 spiro atoms. The van der Waals surface area contributed by atoms with Crippen LogP contribution in [-0.2, 0) is 6.54 Å². The highest BCUT2D eigenvalue weighted by molar-refractivity contribution is 6.33. The molecule has 2 nitrogen and oxygen atoms in total. The Bertz CT molecular complexity index is 892. The molecule has 0 aromatic heterocycles. The van der Waals surface area contributed by atoms with Gasteiger partial charge in [0.15, 0.2) is 0 Å². The van der Waals surface area contributed by atoms with Gasteiger partial charge in [-0.25, -0.2) is 0 Å². The fraction of sp³-hybridized carbons (Fsp3) is 0.280. The minimum Gasteiger partial charge on any atom is -0.296 e. The Labute approximate surface area is 173 Å². The Balaban J connectivity index is 1.46. The summed E-state index contributed by atoms with van der Waals surface area (Å²) >= 11 is 6.34. The van der Waals surface area contributed by atoms with Crippen LogP contribution in [0.25, 0.3) is 11.1 Å². The van der Waals surface area contributed by atoms with Crippen LogP contribution in [0.15, 0.2) is 78.9 Å². The lowest BCUT2D eigenvalue weighted by molar-refractivity contribution is 0.0738. The molecule has 1 saturated heterocycles. The Morgan fingerprint density at radius 2 is 1.57 bits per heavy atom. The molecule has 1 unspecified atom stereocenters. The molecule has 1 aliphatic heterocycles. The molecule has 3 heteroatoms. The molecule has 28 heavy (non-hydrogen) atoms. The minimum atomic E-state index is 0.474. The van der Waals surface area contributed by atoms with E-state index in [0.29, 0.717) is 6.04 Å². The molecule has 3 aromatic carbocycles. The zero-order valence-corrected chi connectivity index (χ0v) is 17.1. The second-order valence-electron chi connectivity index (χ2n) is 7.47. The second-order valence-corrected chi connectivity index (χ2v) is 7.87. The van der Waals surface area contributed by atoms with Crippen LogP contribution in [0.2, 0.25) is 5.02 Å². The van der Waals surface area contributed by atoms with E-state index in [4.69, 9.17) is 11.6 Å². The third-order valence-corrected chi connectivity index (χ3v) is 6.04. The van der Waals surface area contributed by atoms with Gasteiger partial charge < -0.3 is 0 Å². The number of halogens is 1. The zero-order valence-electron chi connectivity index (χ0n) is 16.4. The van der Waals surface area contributed by atoms with E-state index in [2.05, 4.69) is 77.4 Å². The molecular weight excluding hydrogens is 364 g/mol. The van der Waals surface area contributed by atoms with Gasteiger partial charge in [0, 0.05) is 42.8 Å². The number of likely N-dealkylation sites (N-methyl/N-ethyl adjacent to an activating group) is 1. The topological polar surface area (TPSA) is 6.48 Å². The van der Waals surface area contributed by atoms with Crippen LogP contribution in [0, 0.1) is 0 Å². The molecule has 3 aromatic rings. The molecule has 1 heterocycles. The molecule has 1 aliphatic rings. The summed E-state index contributed by atoms with van der Waals surface area (Å²) in [5.74, 6) is 0. The number of rotatable bonds is 5. The van der Waals surface area contributed by atoms with Crippen molar-refractivity contribution in [2.75, 3.05) is 26.2 Å². The zero-order chi connectivity index (χ0) is 19.3. The van der Waals surface area contributed by atoms with Gasteiger partial charge in [0.05, 0.1) is 0 Å². The van der Waals surface area contributed by atoms with Gasteiger partial charge in [-0.05, 0) is 29.3 Å². The minimum absolute atomic E-state index is 0.474. The number of nitrogens with zero attached hydrogens (tertiary/aromatic N) is 2. The quantitative estimate of drug-likeness (QED) is 0.536. The average molecular weight is 391 g/mol. The van der Waals surface area contributed by atoms with Gasteiger partial charge in [0.2, 0.25) is 0 Å². The van der Waals surface area contributed by atoms with E-state index < -0.39 is 0 Å². The van der Waals surface area contributed by atoms with Crippen molar-refractivity contribution in [3.05, 3.63) is 95.0 Å². The maximum absolute atomic E-state index is 6.34. The van der Waals surface area contributed by atoms with E-state index in [-0.39, 0.29) is 0 Å². The average Bonchev–Trinajstić information content (AvgIpc) is 2.75. The van der Waals surface area contributed by atoms with Crippen molar-refractivity contribution in [1.82, 2.24) is 9.80 Å². The monoisotopic (exact) mass is 390 g/mol. The van der Waals surface area contributed by atoms with E-state index in [1.54, 1.807) is 0 Å². The highest BCUT2D eigenvalue weighted by Crippen LogP contribution is 2.29. The maximum atomic E-state index is 6.34. The van der Waals surface area contributed by atoms with Crippen molar-refractivity contribution in [3.8, 4) is 11.1 Å². The van der Waals surface area contributed by atoms with Crippen molar-refractivity contribution < 1.29 is 0 Å². The Kier molecular flexibility index (Phi) is 6.11. The first-order valence-electron chi connectivity index (χ1n) is 10.1. The molecule has 1 atom stereocenters. The van der Waals surface area contributed by atoms with Gasteiger partial charge in [-0.1, -0.05) is 91.3 Å². The largest absolute Gasteiger partial charge is 0.296 e. The lowest BCUT2D eigenvalue weighted by atomic mass is 10.0. The third kappa shape index (κ3) is 4.30. The molecular formula is C25H27ClN2. The summed E-state index contributed by atoms with van der Waals surface area (Å²) in [6, 6.07) is 28.3. The van der Waals surface area contributed by atoms with Crippen molar-refractivity contribution >= 4 is 11.6 Å². The van der Waals surface area contributed by atoms with E-state index in [1.807, 2.05) is 18.2 Å². The summed E-state index contributed by atoms with van der Waals surface area (Å²) < 4.78 is 0. The number of piperazine rings is 1. The van der Waals surface area contributed by atoms with Crippen molar-refractivity contribution in [3.63, 3.8) is 0 Å². The molecule has 0 aliphatic carbocycles. The molecule has 0 saturated carbocycles. The molecule has 0 N–H and O–H groups in total. The second kappa shape index (κ2) is 8.91. The molecule has 0 radical (unpaired) electrons. The number of hydrogen-bond donors (Lipinski definition) is 0. The van der Waals surface area contributed by atoms with E-state index in [1.165, 1.54) is 16.7 Å². The normalized spacial score (nSPS) is 18.3. The van der Waals surface area contributed by atoms with E-state index in [0.717, 1.165) is 43.3 Å². The highest BCUT2D eigenvalue weighted by atomic mass is 35.5.